The first-order chi connectivity index (χ1) is 14.8. The van der Waals surface area contributed by atoms with Crippen molar-refractivity contribution in [3.05, 3.63) is 51.8 Å². The van der Waals surface area contributed by atoms with Gasteiger partial charge in [-0.05, 0) is 36.9 Å². The van der Waals surface area contributed by atoms with Gasteiger partial charge in [0.15, 0.2) is 17.9 Å². The van der Waals surface area contributed by atoms with Crippen molar-refractivity contribution in [1.29, 1.82) is 0 Å². The van der Waals surface area contributed by atoms with Crippen molar-refractivity contribution in [2.45, 2.75) is 44.4 Å². The first-order valence-electron chi connectivity index (χ1n) is 10.3. The number of aromatic nitrogens is 2. The Morgan fingerprint density at radius 3 is 2.52 bits per heavy atom. The van der Waals surface area contributed by atoms with Gasteiger partial charge < -0.3 is 0 Å². The van der Waals surface area contributed by atoms with E-state index in [9.17, 15) is 26.7 Å². The van der Waals surface area contributed by atoms with Gasteiger partial charge in [-0.1, -0.05) is 13.0 Å². The molecule has 0 saturated carbocycles. The van der Waals surface area contributed by atoms with Crippen molar-refractivity contribution >= 4 is 6.29 Å². The van der Waals surface area contributed by atoms with Crippen LogP contribution < -0.4 is 0 Å². The topological polar surface area (TPSA) is 52.2 Å². The summed E-state index contributed by atoms with van der Waals surface area (Å²) in [6.07, 6.45) is -2.98. The SMILES string of the molecule is CCN1CCc2[nH]nc(C=O)c2C1N1CCC(c2ccc(F)c(F)c2C(F)(F)F)CC1. The van der Waals surface area contributed by atoms with E-state index in [2.05, 4.69) is 20.0 Å². The van der Waals surface area contributed by atoms with E-state index in [1.165, 1.54) is 0 Å². The molecule has 0 aliphatic carbocycles. The molecule has 2 aliphatic heterocycles. The molecule has 1 aromatic heterocycles. The average molecular weight is 442 g/mol. The normalized spacial score (nSPS) is 21.3. The molecule has 4 rings (SSSR count). The van der Waals surface area contributed by atoms with Crippen LogP contribution in [-0.2, 0) is 12.6 Å². The van der Waals surface area contributed by atoms with Gasteiger partial charge in [-0.25, -0.2) is 8.78 Å². The number of likely N-dealkylation sites (N-methyl/N-ethyl adjacent to an activating group) is 1. The number of likely N-dealkylation sites (tertiary alicyclic amines) is 1. The second-order valence-electron chi connectivity index (χ2n) is 8.00. The highest BCUT2D eigenvalue weighted by molar-refractivity contribution is 5.75. The summed E-state index contributed by atoms with van der Waals surface area (Å²) in [6.45, 7) is 4.46. The fourth-order valence-corrected chi connectivity index (χ4v) is 4.93. The fourth-order valence-electron chi connectivity index (χ4n) is 4.93. The number of hydrogen-bond acceptors (Lipinski definition) is 4. The summed E-state index contributed by atoms with van der Waals surface area (Å²) in [5.74, 6) is -3.87. The van der Waals surface area contributed by atoms with Crippen LogP contribution in [0, 0.1) is 11.6 Å². The molecular formula is C21H23F5N4O. The molecular weight excluding hydrogens is 419 g/mol. The summed E-state index contributed by atoms with van der Waals surface area (Å²) < 4.78 is 67.9. The second-order valence-corrected chi connectivity index (χ2v) is 8.00. The molecule has 3 heterocycles. The summed E-state index contributed by atoms with van der Waals surface area (Å²) in [5, 5.41) is 7.02. The lowest BCUT2D eigenvalue weighted by Crippen LogP contribution is -2.48. The summed E-state index contributed by atoms with van der Waals surface area (Å²) >= 11 is 0. The first-order valence-corrected chi connectivity index (χ1v) is 10.3. The number of alkyl halides is 3. The van der Waals surface area contributed by atoms with Crippen LogP contribution in [0.2, 0.25) is 0 Å². The number of carbonyl (C=O) groups is 1. The molecule has 5 nitrogen and oxygen atoms in total. The summed E-state index contributed by atoms with van der Waals surface area (Å²) in [5.41, 5.74) is 0.378. The number of aromatic amines is 1. The van der Waals surface area contributed by atoms with E-state index in [1.807, 2.05) is 6.92 Å². The van der Waals surface area contributed by atoms with E-state index >= 15 is 0 Å². The van der Waals surface area contributed by atoms with Crippen molar-refractivity contribution in [3.8, 4) is 0 Å². The Balaban J connectivity index is 1.60. The number of nitrogens with one attached hydrogen (secondary N) is 1. The fraction of sp³-hybridized carbons (Fsp3) is 0.524. The summed E-state index contributed by atoms with van der Waals surface area (Å²) in [7, 11) is 0. The highest BCUT2D eigenvalue weighted by Crippen LogP contribution is 2.43. The van der Waals surface area contributed by atoms with Gasteiger partial charge >= 0.3 is 6.18 Å². The lowest BCUT2D eigenvalue weighted by Gasteiger charge is -2.45. The van der Waals surface area contributed by atoms with Crippen LogP contribution in [0.1, 0.15) is 64.7 Å². The number of carbonyl (C=O) groups excluding carboxylic acids is 1. The Kier molecular flexibility index (Phi) is 5.87. The predicted molar refractivity (Wildman–Crippen MR) is 103 cm³/mol. The van der Waals surface area contributed by atoms with E-state index in [0.29, 0.717) is 37.9 Å². The van der Waals surface area contributed by atoms with E-state index in [4.69, 9.17) is 0 Å². The predicted octanol–water partition coefficient (Wildman–Crippen LogP) is 4.28. The molecule has 1 atom stereocenters. The van der Waals surface area contributed by atoms with Crippen molar-refractivity contribution < 1.29 is 26.7 Å². The number of rotatable bonds is 4. The van der Waals surface area contributed by atoms with Crippen LogP contribution in [0.25, 0.3) is 0 Å². The van der Waals surface area contributed by atoms with Gasteiger partial charge in [0, 0.05) is 37.3 Å². The first kappa shape index (κ1) is 21.9. The number of hydrogen-bond donors (Lipinski definition) is 1. The van der Waals surface area contributed by atoms with Crippen molar-refractivity contribution in [2.24, 2.45) is 0 Å². The molecule has 0 bridgehead atoms. The number of nitrogens with zero attached hydrogens (tertiary/aromatic N) is 3. The summed E-state index contributed by atoms with van der Waals surface area (Å²) in [6, 6.07) is 1.82. The van der Waals surface area contributed by atoms with Crippen LogP contribution in [0.15, 0.2) is 12.1 Å². The van der Waals surface area contributed by atoms with E-state index in [-0.39, 0.29) is 11.7 Å². The van der Waals surface area contributed by atoms with Crippen LogP contribution in [0.5, 0.6) is 0 Å². The average Bonchev–Trinajstić information content (AvgIpc) is 3.17. The van der Waals surface area contributed by atoms with Crippen LogP contribution in [0.3, 0.4) is 0 Å². The molecule has 0 amide bonds. The highest BCUT2D eigenvalue weighted by Gasteiger charge is 2.42. The maximum atomic E-state index is 14.0. The van der Waals surface area contributed by atoms with Gasteiger partial charge in [0.2, 0.25) is 0 Å². The van der Waals surface area contributed by atoms with Crippen LogP contribution >= 0.6 is 0 Å². The van der Waals surface area contributed by atoms with Gasteiger partial charge in [-0.3, -0.25) is 19.7 Å². The zero-order valence-corrected chi connectivity index (χ0v) is 17.0. The van der Waals surface area contributed by atoms with Gasteiger partial charge in [0.25, 0.3) is 0 Å². The van der Waals surface area contributed by atoms with Crippen LogP contribution in [-0.4, -0.2) is 52.5 Å². The van der Waals surface area contributed by atoms with Gasteiger partial charge in [-0.2, -0.15) is 18.3 Å². The number of fused-ring (bicyclic) bond motifs is 1. The van der Waals surface area contributed by atoms with E-state index in [1.54, 1.807) is 0 Å². The van der Waals surface area contributed by atoms with Gasteiger partial charge in [0.1, 0.15) is 5.69 Å². The maximum Gasteiger partial charge on any atom is 0.419 e. The Bertz CT molecular complexity index is 965. The lowest BCUT2D eigenvalue weighted by molar-refractivity contribution is -0.141. The molecule has 1 aromatic carbocycles. The monoisotopic (exact) mass is 442 g/mol. The minimum atomic E-state index is -4.97. The number of H-pyrrole nitrogens is 1. The smallest absolute Gasteiger partial charge is 0.296 e. The third-order valence-electron chi connectivity index (χ3n) is 6.41. The van der Waals surface area contributed by atoms with Crippen molar-refractivity contribution in [2.75, 3.05) is 26.2 Å². The standard InChI is InChI=1S/C21H23F5N4O/c1-2-29-10-7-15-17(16(11-31)28-27-15)20(29)30-8-5-12(6-9-30)13-3-4-14(22)19(23)18(13)21(24,25)26/h3-4,11-12,20H,2,5-10H2,1H3,(H,27,28). The number of aldehydes is 1. The number of benzene rings is 1. The Morgan fingerprint density at radius 2 is 1.90 bits per heavy atom. The minimum Gasteiger partial charge on any atom is -0.296 e. The molecule has 2 aromatic rings. The minimum absolute atomic E-state index is 0.194. The second kappa shape index (κ2) is 8.31. The molecule has 1 N–H and O–H groups in total. The lowest BCUT2D eigenvalue weighted by atomic mass is 9.85. The summed E-state index contributed by atoms with van der Waals surface area (Å²) in [4.78, 5) is 15.8. The molecule has 1 unspecified atom stereocenters. The molecule has 1 saturated heterocycles. The third kappa shape index (κ3) is 3.87. The van der Waals surface area contributed by atoms with E-state index in [0.717, 1.165) is 42.9 Å². The molecule has 31 heavy (non-hydrogen) atoms. The Morgan fingerprint density at radius 1 is 1.19 bits per heavy atom. The molecule has 0 spiro atoms. The van der Waals surface area contributed by atoms with E-state index < -0.39 is 29.3 Å². The van der Waals surface area contributed by atoms with Gasteiger partial charge in [-0.15, -0.1) is 0 Å². The molecule has 2 aliphatic rings. The van der Waals surface area contributed by atoms with Crippen LogP contribution in [0.4, 0.5) is 22.0 Å². The van der Waals surface area contributed by atoms with Crippen molar-refractivity contribution in [1.82, 2.24) is 20.0 Å². The molecule has 10 heteroatoms. The quantitative estimate of drug-likeness (QED) is 0.568. The Labute approximate surface area is 176 Å². The zero-order chi connectivity index (χ0) is 22.3. The molecule has 0 radical (unpaired) electrons. The number of halogens is 5. The molecule has 1 fully saturated rings. The molecule has 168 valence electrons. The van der Waals surface area contributed by atoms with Gasteiger partial charge in [0.05, 0.1) is 11.7 Å². The largest absolute Gasteiger partial charge is 0.419 e. The maximum absolute atomic E-state index is 14.0. The Hall–Kier alpha value is -2.33. The van der Waals surface area contributed by atoms with Crippen molar-refractivity contribution in [3.63, 3.8) is 0 Å². The highest BCUT2D eigenvalue weighted by atomic mass is 19.4. The third-order valence-corrected chi connectivity index (χ3v) is 6.41. The number of piperidine rings is 1. The zero-order valence-electron chi connectivity index (χ0n) is 17.0.